The first-order valence-electron chi connectivity index (χ1n) is 11.1. The monoisotopic (exact) mass is 355 g/mol. The molecule has 0 aliphatic heterocycles. The Morgan fingerprint density at radius 1 is 0.680 bits per heavy atom. The quantitative estimate of drug-likeness (QED) is 0.235. The number of rotatable bonds is 20. The number of hydrogen-bond donors (Lipinski definition) is 2. The van der Waals surface area contributed by atoms with E-state index in [1.807, 2.05) is 0 Å². The summed E-state index contributed by atoms with van der Waals surface area (Å²) in [6.07, 6.45) is 23.3. The average molecular weight is 356 g/mol. The fourth-order valence-corrected chi connectivity index (χ4v) is 3.43. The van der Waals surface area contributed by atoms with Gasteiger partial charge in [-0.15, -0.1) is 0 Å². The molecule has 0 aliphatic rings. The SMILES string of the molecule is CCCCCCCCCC(N)CCCCCCCCCCCC(=O)O. The van der Waals surface area contributed by atoms with Gasteiger partial charge in [0.1, 0.15) is 0 Å². The molecule has 0 saturated heterocycles. The van der Waals surface area contributed by atoms with Crippen LogP contribution >= 0.6 is 0 Å². The maximum Gasteiger partial charge on any atom is 0.303 e. The van der Waals surface area contributed by atoms with E-state index in [1.54, 1.807) is 0 Å². The van der Waals surface area contributed by atoms with Crippen molar-refractivity contribution in [2.24, 2.45) is 5.73 Å². The Hall–Kier alpha value is -0.570. The number of hydrogen-bond acceptors (Lipinski definition) is 2. The van der Waals surface area contributed by atoms with Crippen LogP contribution in [0.15, 0.2) is 0 Å². The molecule has 3 N–H and O–H groups in total. The summed E-state index contributed by atoms with van der Waals surface area (Å²) in [5.41, 5.74) is 6.22. The number of carboxylic acid groups (broad SMARTS) is 1. The Balaban J connectivity index is 3.14. The molecule has 0 aromatic heterocycles. The zero-order valence-corrected chi connectivity index (χ0v) is 16.9. The summed E-state index contributed by atoms with van der Waals surface area (Å²) in [6, 6.07) is 0.421. The molecule has 3 nitrogen and oxygen atoms in total. The van der Waals surface area contributed by atoms with Gasteiger partial charge in [0.2, 0.25) is 0 Å². The molecule has 0 aromatic carbocycles. The zero-order chi connectivity index (χ0) is 18.6. The third-order valence-corrected chi connectivity index (χ3v) is 5.14. The van der Waals surface area contributed by atoms with Crippen LogP contribution in [0.1, 0.15) is 129 Å². The fourth-order valence-electron chi connectivity index (χ4n) is 3.43. The molecular weight excluding hydrogens is 310 g/mol. The predicted molar refractivity (Wildman–Crippen MR) is 109 cm³/mol. The smallest absolute Gasteiger partial charge is 0.303 e. The summed E-state index contributed by atoms with van der Waals surface area (Å²) in [7, 11) is 0. The van der Waals surface area contributed by atoms with Gasteiger partial charge in [-0.2, -0.15) is 0 Å². The molecule has 1 unspecified atom stereocenters. The van der Waals surface area contributed by atoms with Crippen LogP contribution in [0.5, 0.6) is 0 Å². The molecule has 0 amide bonds. The average Bonchev–Trinajstić information content (AvgIpc) is 2.58. The molecule has 0 rings (SSSR count). The van der Waals surface area contributed by atoms with Crippen LogP contribution in [0.25, 0.3) is 0 Å². The van der Waals surface area contributed by atoms with Crippen LogP contribution in [0.2, 0.25) is 0 Å². The highest BCUT2D eigenvalue weighted by atomic mass is 16.4. The van der Waals surface area contributed by atoms with Crippen LogP contribution in [0, 0.1) is 0 Å². The van der Waals surface area contributed by atoms with E-state index >= 15 is 0 Å². The van der Waals surface area contributed by atoms with Crippen molar-refractivity contribution in [3.05, 3.63) is 0 Å². The molecule has 0 saturated carbocycles. The summed E-state index contributed by atoms with van der Waals surface area (Å²) >= 11 is 0. The van der Waals surface area contributed by atoms with Crippen molar-refractivity contribution >= 4 is 5.97 Å². The van der Waals surface area contributed by atoms with Crippen LogP contribution in [-0.4, -0.2) is 17.1 Å². The lowest BCUT2D eigenvalue weighted by Gasteiger charge is -2.11. The number of carbonyl (C=O) groups is 1. The normalized spacial score (nSPS) is 12.4. The van der Waals surface area contributed by atoms with Crippen LogP contribution in [0.4, 0.5) is 0 Å². The summed E-state index contributed by atoms with van der Waals surface area (Å²) < 4.78 is 0. The van der Waals surface area contributed by atoms with Gasteiger partial charge in [0.15, 0.2) is 0 Å². The minimum absolute atomic E-state index is 0.332. The number of aliphatic carboxylic acids is 1. The molecule has 0 radical (unpaired) electrons. The van der Waals surface area contributed by atoms with E-state index in [4.69, 9.17) is 10.8 Å². The van der Waals surface area contributed by atoms with E-state index in [-0.39, 0.29) is 0 Å². The van der Waals surface area contributed by atoms with Crippen molar-refractivity contribution < 1.29 is 9.90 Å². The minimum Gasteiger partial charge on any atom is -0.481 e. The topological polar surface area (TPSA) is 63.3 Å². The fraction of sp³-hybridized carbons (Fsp3) is 0.955. The van der Waals surface area contributed by atoms with E-state index in [0.717, 1.165) is 12.8 Å². The lowest BCUT2D eigenvalue weighted by atomic mass is 10.0. The highest BCUT2D eigenvalue weighted by Gasteiger charge is 2.02. The third-order valence-electron chi connectivity index (χ3n) is 5.14. The van der Waals surface area contributed by atoms with Gasteiger partial charge in [0.25, 0.3) is 0 Å². The van der Waals surface area contributed by atoms with Crippen molar-refractivity contribution in [2.75, 3.05) is 0 Å². The first-order valence-corrected chi connectivity index (χ1v) is 11.1. The highest BCUT2D eigenvalue weighted by Crippen LogP contribution is 2.14. The predicted octanol–water partition coefficient (Wildman–Crippen LogP) is 6.83. The van der Waals surface area contributed by atoms with Crippen molar-refractivity contribution in [2.45, 2.75) is 135 Å². The molecule has 1 atom stereocenters. The standard InChI is InChI=1S/C22H45NO2/c1-2-3-4-5-9-12-15-18-21(23)19-16-13-10-7-6-8-11-14-17-20-22(24)25/h21H,2-20,23H2,1H3,(H,24,25). The molecule has 25 heavy (non-hydrogen) atoms. The van der Waals surface area contributed by atoms with Crippen LogP contribution < -0.4 is 5.73 Å². The summed E-state index contributed by atoms with van der Waals surface area (Å²) in [5.74, 6) is -0.662. The first-order chi connectivity index (χ1) is 12.2. The maximum absolute atomic E-state index is 10.4. The second kappa shape index (κ2) is 19.8. The Bertz CT molecular complexity index is 281. The van der Waals surface area contributed by atoms with Gasteiger partial charge in [-0.3, -0.25) is 4.79 Å². The van der Waals surface area contributed by atoms with E-state index in [2.05, 4.69) is 6.92 Å². The maximum atomic E-state index is 10.4. The summed E-state index contributed by atoms with van der Waals surface area (Å²) in [4.78, 5) is 10.4. The van der Waals surface area contributed by atoms with Gasteiger partial charge in [0, 0.05) is 12.5 Å². The molecule has 150 valence electrons. The van der Waals surface area contributed by atoms with E-state index in [1.165, 1.54) is 103 Å². The van der Waals surface area contributed by atoms with Gasteiger partial charge in [0.05, 0.1) is 0 Å². The lowest BCUT2D eigenvalue weighted by Crippen LogP contribution is -2.19. The van der Waals surface area contributed by atoms with Gasteiger partial charge >= 0.3 is 5.97 Å². The Labute approximate surface area is 157 Å². The summed E-state index contributed by atoms with van der Waals surface area (Å²) in [6.45, 7) is 2.27. The third kappa shape index (κ3) is 21.4. The van der Waals surface area contributed by atoms with Crippen molar-refractivity contribution in [3.8, 4) is 0 Å². The van der Waals surface area contributed by atoms with Crippen LogP contribution in [0.3, 0.4) is 0 Å². The summed E-state index contributed by atoms with van der Waals surface area (Å²) in [5, 5.41) is 8.57. The first kappa shape index (κ1) is 24.4. The number of nitrogens with two attached hydrogens (primary N) is 1. The molecule has 0 spiro atoms. The largest absolute Gasteiger partial charge is 0.481 e. The van der Waals surface area contributed by atoms with Crippen molar-refractivity contribution in [1.82, 2.24) is 0 Å². The van der Waals surface area contributed by atoms with E-state index < -0.39 is 5.97 Å². The second-order valence-corrected chi connectivity index (χ2v) is 7.78. The molecule has 3 heteroatoms. The minimum atomic E-state index is -0.662. The molecule has 0 aliphatic carbocycles. The van der Waals surface area contributed by atoms with Gasteiger partial charge in [-0.1, -0.05) is 103 Å². The second-order valence-electron chi connectivity index (χ2n) is 7.78. The van der Waals surface area contributed by atoms with Gasteiger partial charge in [-0.25, -0.2) is 0 Å². The highest BCUT2D eigenvalue weighted by molar-refractivity contribution is 5.66. The van der Waals surface area contributed by atoms with E-state index in [9.17, 15) is 4.79 Å². The number of unbranched alkanes of at least 4 members (excludes halogenated alkanes) is 14. The Morgan fingerprint density at radius 2 is 1.04 bits per heavy atom. The van der Waals surface area contributed by atoms with Crippen molar-refractivity contribution in [1.29, 1.82) is 0 Å². The van der Waals surface area contributed by atoms with Gasteiger partial charge in [-0.05, 0) is 19.3 Å². The number of carboxylic acids is 1. The van der Waals surface area contributed by atoms with Gasteiger partial charge < -0.3 is 10.8 Å². The molecule has 0 heterocycles. The molecule has 0 bridgehead atoms. The lowest BCUT2D eigenvalue weighted by molar-refractivity contribution is -0.137. The molecular formula is C22H45NO2. The Morgan fingerprint density at radius 3 is 1.44 bits per heavy atom. The van der Waals surface area contributed by atoms with Crippen molar-refractivity contribution in [3.63, 3.8) is 0 Å². The zero-order valence-electron chi connectivity index (χ0n) is 16.9. The van der Waals surface area contributed by atoms with Crippen LogP contribution in [-0.2, 0) is 4.79 Å². The molecule has 0 fully saturated rings. The van der Waals surface area contributed by atoms with E-state index in [0.29, 0.717) is 12.5 Å². The Kier molecular flexibility index (Phi) is 19.3. The molecule has 0 aromatic rings.